The molecule has 0 atom stereocenters. The number of piperidine rings is 1. The second-order valence-electron chi connectivity index (χ2n) is 8.24. The highest BCUT2D eigenvalue weighted by molar-refractivity contribution is 7.99. The van der Waals surface area contributed by atoms with Crippen molar-refractivity contribution < 1.29 is 14.5 Å². The molecule has 2 aliphatic rings. The Hall–Kier alpha value is -3.20. The van der Waals surface area contributed by atoms with E-state index in [2.05, 4.69) is 0 Å². The van der Waals surface area contributed by atoms with E-state index in [1.54, 1.807) is 34.9 Å². The lowest BCUT2D eigenvalue weighted by atomic mass is 9.89. The van der Waals surface area contributed by atoms with Crippen molar-refractivity contribution in [2.75, 3.05) is 31.3 Å². The number of aromatic nitrogens is 1. The van der Waals surface area contributed by atoms with Crippen LogP contribution in [0, 0.1) is 17.0 Å². The number of likely N-dealkylation sites (tertiary alicyclic amines) is 1. The van der Waals surface area contributed by atoms with E-state index in [9.17, 15) is 19.7 Å². The van der Waals surface area contributed by atoms with Gasteiger partial charge in [-0.2, -0.15) is 0 Å². The lowest BCUT2D eigenvalue weighted by Crippen LogP contribution is -2.38. The highest BCUT2D eigenvalue weighted by Gasteiger charge is 2.29. The van der Waals surface area contributed by atoms with Crippen LogP contribution in [-0.4, -0.2) is 62.8 Å². The third-order valence-electron chi connectivity index (χ3n) is 6.07. The van der Waals surface area contributed by atoms with E-state index in [1.807, 2.05) is 24.0 Å². The van der Waals surface area contributed by atoms with E-state index in [0.717, 1.165) is 36.5 Å². The Kier molecular flexibility index (Phi) is 7.08. The molecule has 1 aromatic carbocycles. The van der Waals surface area contributed by atoms with Gasteiger partial charge >= 0.3 is 0 Å². The number of hydrogen-bond acceptors (Lipinski definition) is 6. The number of nitrogens with zero attached hydrogens (tertiary/aromatic N) is 4. The van der Waals surface area contributed by atoms with Crippen molar-refractivity contribution in [3.63, 3.8) is 0 Å². The summed E-state index contributed by atoms with van der Waals surface area (Å²) in [5.74, 6) is 1.65. The van der Waals surface area contributed by atoms with E-state index in [-0.39, 0.29) is 23.4 Å². The minimum atomic E-state index is -0.454. The maximum absolute atomic E-state index is 13.0. The summed E-state index contributed by atoms with van der Waals surface area (Å²) < 4.78 is 0. The van der Waals surface area contributed by atoms with Gasteiger partial charge in [0.05, 0.1) is 27.6 Å². The van der Waals surface area contributed by atoms with Gasteiger partial charge < -0.3 is 9.80 Å². The third kappa shape index (κ3) is 5.24. The molecule has 2 amide bonds. The van der Waals surface area contributed by atoms with Crippen LogP contribution in [0.2, 0.25) is 0 Å². The number of benzene rings is 1. The molecule has 0 radical (unpaired) electrons. The van der Waals surface area contributed by atoms with Gasteiger partial charge in [-0.05, 0) is 44.0 Å². The number of carbonyl (C=O) groups excluding carboxylic acids is 2. The van der Waals surface area contributed by atoms with Crippen LogP contribution in [0.4, 0.5) is 5.69 Å². The second kappa shape index (κ2) is 10.2. The van der Waals surface area contributed by atoms with Crippen molar-refractivity contribution in [3.8, 4) is 0 Å². The Morgan fingerprint density at radius 3 is 2.58 bits per heavy atom. The van der Waals surface area contributed by atoms with Crippen LogP contribution in [0.5, 0.6) is 0 Å². The smallest absolute Gasteiger partial charge is 0.276 e. The number of hydrogen-bond donors (Lipinski definition) is 0. The topological polar surface area (TPSA) is 96.7 Å². The molecule has 2 fully saturated rings. The number of pyridine rings is 1. The highest BCUT2D eigenvalue weighted by Crippen LogP contribution is 2.31. The standard InChI is InChI=1S/C24H26N4O4S/c1-17-6-8-20(24(30)27-14-15-33-16-27)23(25-17)19-10-12-26(13-11-19)22(29)9-7-18-4-2-3-5-21(18)28(31)32/h2-9,19H,10-16H2,1H3. The molecule has 3 heterocycles. The summed E-state index contributed by atoms with van der Waals surface area (Å²) in [5, 5.41) is 11.2. The average Bonchev–Trinajstić information content (AvgIpc) is 3.37. The number of amides is 2. The molecule has 9 heteroatoms. The fraction of sp³-hybridized carbons (Fsp3) is 0.375. The molecule has 0 unspecified atom stereocenters. The monoisotopic (exact) mass is 466 g/mol. The quantitative estimate of drug-likeness (QED) is 0.377. The van der Waals surface area contributed by atoms with Crippen molar-refractivity contribution in [1.29, 1.82) is 0 Å². The first kappa shape index (κ1) is 23.0. The van der Waals surface area contributed by atoms with Gasteiger partial charge in [0.2, 0.25) is 5.91 Å². The molecule has 172 valence electrons. The Labute approximate surface area is 196 Å². The van der Waals surface area contributed by atoms with Crippen LogP contribution < -0.4 is 0 Å². The predicted octanol–water partition coefficient (Wildman–Crippen LogP) is 3.86. The van der Waals surface area contributed by atoms with Gasteiger partial charge in [-0.15, -0.1) is 11.8 Å². The molecule has 0 saturated carbocycles. The summed E-state index contributed by atoms with van der Waals surface area (Å²) in [6.45, 7) is 3.78. The van der Waals surface area contributed by atoms with Crippen molar-refractivity contribution in [1.82, 2.24) is 14.8 Å². The molecule has 0 aliphatic carbocycles. The number of nitro benzene ring substituents is 1. The first-order valence-electron chi connectivity index (χ1n) is 11.0. The zero-order chi connectivity index (χ0) is 23.4. The molecule has 4 rings (SSSR count). The lowest BCUT2D eigenvalue weighted by Gasteiger charge is -2.32. The van der Waals surface area contributed by atoms with Crippen LogP contribution in [-0.2, 0) is 4.79 Å². The van der Waals surface area contributed by atoms with E-state index in [4.69, 9.17) is 4.98 Å². The van der Waals surface area contributed by atoms with E-state index >= 15 is 0 Å². The molecule has 0 bridgehead atoms. The summed E-state index contributed by atoms with van der Waals surface area (Å²) in [6, 6.07) is 10.1. The summed E-state index contributed by atoms with van der Waals surface area (Å²) in [6.07, 6.45) is 4.33. The maximum Gasteiger partial charge on any atom is 0.276 e. The number of aryl methyl sites for hydroxylation is 1. The molecule has 0 N–H and O–H groups in total. The third-order valence-corrected chi connectivity index (χ3v) is 7.03. The lowest BCUT2D eigenvalue weighted by molar-refractivity contribution is -0.385. The first-order chi connectivity index (χ1) is 15.9. The maximum atomic E-state index is 13.0. The molecule has 0 spiro atoms. The van der Waals surface area contributed by atoms with Crippen LogP contribution in [0.3, 0.4) is 0 Å². The SMILES string of the molecule is Cc1ccc(C(=O)N2CCSC2)c(C2CCN(C(=O)C=Cc3ccccc3[N+](=O)[O-])CC2)n1. The zero-order valence-electron chi connectivity index (χ0n) is 18.5. The fourth-order valence-electron chi connectivity index (χ4n) is 4.25. The minimum Gasteiger partial charge on any atom is -0.339 e. The molecule has 33 heavy (non-hydrogen) atoms. The minimum absolute atomic E-state index is 0.0284. The van der Waals surface area contributed by atoms with Gasteiger partial charge in [0.1, 0.15) is 0 Å². The molecule has 2 aromatic rings. The number of nitro groups is 1. The number of para-hydroxylation sites is 1. The number of carbonyl (C=O) groups is 2. The molecule has 2 aliphatic heterocycles. The summed E-state index contributed by atoms with van der Waals surface area (Å²) in [7, 11) is 0. The second-order valence-corrected chi connectivity index (χ2v) is 9.31. The van der Waals surface area contributed by atoms with E-state index in [1.165, 1.54) is 18.2 Å². The Balaban J connectivity index is 1.43. The Morgan fingerprint density at radius 2 is 1.88 bits per heavy atom. The summed E-state index contributed by atoms with van der Waals surface area (Å²) in [4.78, 5) is 44.8. The largest absolute Gasteiger partial charge is 0.339 e. The molecule has 2 saturated heterocycles. The average molecular weight is 467 g/mol. The van der Waals surface area contributed by atoms with Crippen LogP contribution in [0.15, 0.2) is 42.5 Å². The van der Waals surface area contributed by atoms with Crippen molar-refractivity contribution in [2.45, 2.75) is 25.7 Å². The first-order valence-corrected chi connectivity index (χ1v) is 12.1. The van der Waals surface area contributed by atoms with E-state index in [0.29, 0.717) is 30.1 Å². The predicted molar refractivity (Wildman–Crippen MR) is 128 cm³/mol. The Morgan fingerprint density at radius 1 is 1.12 bits per heavy atom. The Bertz CT molecular complexity index is 1090. The van der Waals surface area contributed by atoms with Crippen LogP contribution in [0.1, 0.15) is 46.1 Å². The van der Waals surface area contributed by atoms with Crippen molar-refractivity contribution >= 4 is 35.3 Å². The van der Waals surface area contributed by atoms with Gasteiger partial charge in [-0.3, -0.25) is 24.7 Å². The fourth-order valence-corrected chi connectivity index (χ4v) is 5.19. The highest BCUT2D eigenvalue weighted by atomic mass is 32.2. The normalized spacial score (nSPS) is 17.0. The van der Waals surface area contributed by atoms with Crippen molar-refractivity contribution in [3.05, 3.63) is 75.1 Å². The molecular formula is C24H26N4O4S. The van der Waals surface area contributed by atoms with Gasteiger partial charge in [0.25, 0.3) is 11.6 Å². The van der Waals surface area contributed by atoms with Gasteiger partial charge in [-0.25, -0.2) is 0 Å². The zero-order valence-corrected chi connectivity index (χ0v) is 19.3. The van der Waals surface area contributed by atoms with Crippen LogP contribution >= 0.6 is 11.8 Å². The number of thioether (sulfide) groups is 1. The van der Waals surface area contributed by atoms with Gasteiger partial charge in [0.15, 0.2) is 0 Å². The molecular weight excluding hydrogens is 440 g/mol. The summed E-state index contributed by atoms with van der Waals surface area (Å²) >= 11 is 1.76. The number of rotatable bonds is 5. The van der Waals surface area contributed by atoms with E-state index < -0.39 is 4.92 Å². The van der Waals surface area contributed by atoms with Gasteiger partial charge in [0, 0.05) is 49.1 Å². The molecule has 8 nitrogen and oxygen atoms in total. The summed E-state index contributed by atoms with van der Waals surface area (Å²) in [5.41, 5.74) is 2.75. The molecule has 1 aromatic heterocycles. The van der Waals surface area contributed by atoms with Crippen LogP contribution in [0.25, 0.3) is 6.08 Å². The van der Waals surface area contributed by atoms with Crippen molar-refractivity contribution in [2.24, 2.45) is 0 Å². The van der Waals surface area contributed by atoms with Gasteiger partial charge in [-0.1, -0.05) is 12.1 Å².